The van der Waals surface area contributed by atoms with Gasteiger partial charge >= 0.3 is 0 Å². The third-order valence-electron chi connectivity index (χ3n) is 2.69. The van der Waals surface area contributed by atoms with Gasteiger partial charge in [0, 0.05) is 18.0 Å². The minimum absolute atomic E-state index is 0.0639. The Labute approximate surface area is 107 Å². The van der Waals surface area contributed by atoms with E-state index in [2.05, 4.69) is 0 Å². The normalized spacial score (nSPS) is 17.5. The van der Waals surface area contributed by atoms with Gasteiger partial charge in [-0.25, -0.2) is 4.39 Å². The molecule has 2 rings (SSSR count). The second-order valence-corrected chi connectivity index (χ2v) is 5.39. The molecule has 6 heteroatoms. The van der Waals surface area contributed by atoms with Crippen molar-refractivity contribution >= 4 is 16.7 Å². The molecule has 1 aliphatic heterocycles. The van der Waals surface area contributed by atoms with Crippen molar-refractivity contribution in [1.82, 2.24) is 4.90 Å². The number of halogens is 1. The van der Waals surface area contributed by atoms with E-state index in [0.717, 1.165) is 0 Å². The molecule has 4 nitrogen and oxygen atoms in total. The van der Waals surface area contributed by atoms with Gasteiger partial charge in [-0.05, 0) is 24.3 Å². The molecule has 1 fully saturated rings. The maximum Gasteiger partial charge on any atom is 0.235 e. The lowest BCUT2D eigenvalue weighted by Crippen LogP contribution is -2.42. The van der Waals surface area contributed by atoms with Crippen molar-refractivity contribution in [2.45, 2.75) is 4.90 Å². The zero-order valence-electron chi connectivity index (χ0n) is 9.80. The first-order valence-corrected chi connectivity index (χ1v) is 6.98. The lowest BCUT2D eigenvalue weighted by molar-refractivity contribution is -0.132. The van der Waals surface area contributed by atoms with Crippen LogP contribution in [0.4, 0.5) is 4.39 Å². The molecule has 1 aromatic carbocycles. The average Bonchev–Trinajstić information content (AvgIpc) is 2.40. The number of benzene rings is 1. The minimum atomic E-state index is -1.42. The smallest absolute Gasteiger partial charge is 0.235 e. The Balaban J connectivity index is 1.94. The molecular weight excluding hydrogens is 257 g/mol. The number of carbonyl (C=O) groups excluding carboxylic acids is 1. The van der Waals surface area contributed by atoms with Gasteiger partial charge in [-0.1, -0.05) is 0 Å². The van der Waals surface area contributed by atoms with Crippen LogP contribution in [-0.4, -0.2) is 47.1 Å². The first-order valence-electron chi connectivity index (χ1n) is 5.66. The number of amides is 1. The Bertz CT molecular complexity index is 443. The quantitative estimate of drug-likeness (QED) is 0.816. The largest absolute Gasteiger partial charge is 0.378 e. The van der Waals surface area contributed by atoms with Crippen LogP contribution in [0.25, 0.3) is 0 Å². The van der Waals surface area contributed by atoms with Gasteiger partial charge in [0.2, 0.25) is 5.91 Å². The molecule has 18 heavy (non-hydrogen) atoms. The standard InChI is InChI=1S/C12H14FNO3S/c13-10-1-3-11(4-2-10)18(16)9-12(15)14-5-7-17-8-6-14/h1-4H,5-9H2/t18-/m1/s1. The molecule has 0 aliphatic carbocycles. The third kappa shape index (κ3) is 3.36. The predicted octanol–water partition coefficient (Wildman–Crippen LogP) is 0.792. The monoisotopic (exact) mass is 271 g/mol. The maximum absolute atomic E-state index is 12.7. The van der Waals surface area contributed by atoms with Crippen molar-refractivity contribution in [1.29, 1.82) is 0 Å². The molecule has 0 N–H and O–H groups in total. The van der Waals surface area contributed by atoms with Crippen LogP contribution >= 0.6 is 0 Å². The molecule has 1 aromatic rings. The van der Waals surface area contributed by atoms with Gasteiger partial charge in [0.15, 0.2) is 0 Å². The van der Waals surface area contributed by atoms with Crippen LogP contribution in [0.15, 0.2) is 29.2 Å². The Morgan fingerprint density at radius 1 is 1.28 bits per heavy atom. The van der Waals surface area contributed by atoms with Crippen LogP contribution in [0.5, 0.6) is 0 Å². The molecule has 1 heterocycles. The second-order valence-electron chi connectivity index (χ2n) is 3.94. The number of nitrogens with zero attached hydrogens (tertiary/aromatic N) is 1. The van der Waals surface area contributed by atoms with Gasteiger partial charge in [-0.2, -0.15) is 0 Å². The average molecular weight is 271 g/mol. The van der Waals surface area contributed by atoms with Gasteiger partial charge in [0.25, 0.3) is 0 Å². The fraction of sp³-hybridized carbons (Fsp3) is 0.417. The van der Waals surface area contributed by atoms with Crippen LogP contribution in [0.1, 0.15) is 0 Å². The molecule has 0 bridgehead atoms. The van der Waals surface area contributed by atoms with E-state index in [1.807, 2.05) is 0 Å². The van der Waals surface area contributed by atoms with E-state index < -0.39 is 10.8 Å². The molecule has 1 aliphatic rings. The van der Waals surface area contributed by atoms with E-state index in [0.29, 0.717) is 31.2 Å². The topological polar surface area (TPSA) is 46.6 Å². The zero-order valence-corrected chi connectivity index (χ0v) is 10.6. The number of morpholine rings is 1. The first kappa shape index (κ1) is 13.2. The molecule has 98 valence electrons. The summed E-state index contributed by atoms with van der Waals surface area (Å²) in [6.45, 7) is 2.13. The highest BCUT2D eigenvalue weighted by atomic mass is 32.2. The van der Waals surface area contributed by atoms with Crippen LogP contribution in [-0.2, 0) is 20.3 Å². The van der Waals surface area contributed by atoms with E-state index in [4.69, 9.17) is 4.74 Å². The zero-order chi connectivity index (χ0) is 13.0. The highest BCUT2D eigenvalue weighted by Gasteiger charge is 2.19. The summed E-state index contributed by atoms with van der Waals surface area (Å²) in [6, 6.07) is 5.37. The Morgan fingerprint density at radius 2 is 1.89 bits per heavy atom. The van der Waals surface area contributed by atoms with Crippen molar-refractivity contribution in [3.63, 3.8) is 0 Å². The van der Waals surface area contributed by atoms with E-state index in [9.17, 15) is 13.4 Å². The van der Waals surface area contributed by atoms with Gasteiger partial charge in [-0.15, -0.1) is 0 Å². The summed E-state index contributed by atoms with van der Waals surface area (Å²) in [4.78, 5) is 14.0. The molecule has 0 unspecified atom stereocenters. The van der Waals surface area contributed by atoms with Crippen molar-refractivity contribution < 1.29 is 18.1 Å². The lowest BCUT2D eigenvalue weighted by Gasteiger charge is -2.26. The molecule has 1 atom stereocenters. The van der Waals surface area contributed by atoms with Gasteiger partial charge in [-0.3, -0.25) is 9.00 Å². The summed E-state index contributed by atoms with van der Waals surface area (Å²) in [5.41, 5.74) is 0. The molecule has 1 amide bonds. The van der Waals surface area contributed by atoms with Crippen LogP contribution in [0.3, 0.4) is 0 Å². The highest BCUT2D eigenvalue weighted by molar-refractivity contribution is 7.85. The summed E-state index contributed by atoms with van der Waals surface area (Å²) >= 11 is 0. The molecule has 0 aromatic heterocycles. The summed E-state index contributed by atoms with van der Waals surface area (Å²) < 4.78 is 29.8. The van der Waals surface area contributed by atoms with Crippen molar-refractivity contribution in [2.75, 3.05) is 32.1 Å². The Morgan fingerprint density at radius 3 is 2.50 bits per heavy atom. The highest BCUT2D eigenvalue weighted by Crippen LogP contribution is 2.09. The number of hydrogen-bond acceptors (Lipinski definition) is 3. The summed E-state index contributed by atoms with van der Waals surface area (Å²) in [7, 11) is -1.42. The van der Waals surface area contributed by atoms with Crippen LogP contribution in [0, 0.1) is 5.82 Å². The van der Waals surface area contributed by atoms with Crippen LogP contribution in [0.2, 0.25) is 0 Å². The SMILES string of the molecule is O=C(C[S@@](=O)c1ccc(F)cc1)N1CCOCC1. The molecule has 0 radical (unpaired) electrons. The van der Waals surface area contributed by atoms with Crippen molar-refractivity contribution in [3.8, 4) is 0 Å². The molecule has 0 saturated carbocycles. The van der Waals surface area contributed by atoms with E-state index >= 15 is 0 Å². The van der Waals surface area contributed by atoms with Crippen molar-refractivity contribution in [2.24, 2.45) is 0 Å². The number of hydrogen-bond donors (Lipinski definition) is 0. The number of rotatable bonds is 3. The molecule has 1 saturated heterocycles. The molecule has 0 spiro atoms. The maximum atomic E-state index is 12.7. The molecular formula is C12H14FNO3S. The lowest BCUT2D eigenvalue weighted by atomic mass is 10.4. The number of ether oxygens (including phenoxy) is 1. The van der Waals surface area contributed by atoms with Gasteiger partial charge in [0.1, 0.15) is 11.6 Å². The second kappa shape index (κ2) is 6.06. The van der Waals surface area contributed by atoms with Gasteiger partial charge in [0.05, 0.1) is 24.0 Å². The van der Waals surface area contributed by atoms with E-state index in [-0.39, 0.29) is 17.5 Å². The fourth-order valence-electron chi connectivity index (χ4n) is 1.69. The van der Waals surface area contributed by atoms with Crippen LogP contribution < -0.4 is 0 Å². The van der Waals surface area contributed by atoms with E-state index in [1.54, 1.807) is 4.90 Å². The Hall–Kier alpha value is -1.27. The summed E-state index contributed by atoms with van der Waals surface area (Å²) in [6.07, 6.45) is 0. The fourth-order valence-corrected chi connectivity index (χ4v) is 2.70. The third-order valence-corrected chi connectivity index (χ3v) is 4.00. The first-order chi connectivity index (χ1) is 8.66. The predicted molar refractivity (Wildman–Crippen MR) is 65.1 cm³/mol. The van der Waals surface area contributed by atoms with Gasteiger partial charge < -0.3 is 9.64 Å². The van der Waals surface area contributed by atoms with E-state index in [1.165, 1.54) is 24.3 Å². The number of carbonyl (C=O) groups is 1. The summed E-state index contributed by atoms with van der Waals surface area (Å²) in [5, 5.41) is 0. The minimum Gasteiger partial charge on any atom is -0.378 e. The van der Waals surface area contributed by atoms with Crippen molar-refractivity contribution in [3.05, 3.63) is 30.1 Å². The Kier molecular flexibility index (Phi) is 4.43. The summed E-state index contributed by atoms with van der Waals surface area (Å²) in [5.74, 6) is -0.595.